The van der Waals surface area contributed by atoms with Crippen LogP contribution < -0.4 is 19.5 Å². The normalized spacial score (nSPS) is 10.3. The Balaban J connectivity index is 1.61. The van der Waals surface area contributed by atoms with Gasteiger partial charge in [-0.2, -0.15) is 0 Å². The number of hydrogen-bond acceptors (Lipinski definition) is 5. The molecule has 0 saturated carbocycles. The van der Waals surface area contributed by atoms with E-state index >= 15 is 0 Å². The van der Waals surface area contributed by atoms with E-state index in [1.165, 1.54) is 18.2 Å². The summed E-state index contributed by atoms with van der Waals surface area (Å²) >= 11 is 3.19. The van der Waals surface area contributed by atoms with Gasteiger partial charge in [0.1, 0.15) is 18.2 Å². The van der Waals surface area contributed by atoms with E-state index in [4.69, 9.17) is 14.2 Å². The number of benzene rings is 2. The predicted molar refractivity (Wildman–Crippen MR) is 110 cm³/mol. The van der Waals surface area contributed by atoms with Crippen molar-refractivity contribution in [3.63, 3.8) is 0 Å². The van der Waals surface area contributed by atoms with E-state index < -0.39 is 5.82 Å². The maximum atomic E-state index is 13.1. The van der Waals surface area contributed by atoms with Crippen molar-refractivity contribution in [2.24, 2.45) is 0 Å². The van der Waals surface area contributed by atoms with Crippen LogP contribution in [0.1, 0.15) is 5.56 Å². The highest BCUT2D eigenvalue weighted by Gasteiger charge is 2.10. The van der Waals surface area contributed by atoms with Gasteiger partial charge in [0.25, 0.3) is 5.91 Å². The number of hydrogen-bond donors (Lipinski definition) is 1. The van der Waals surface area contributed by atoms with Crippen LogP contribution in [-0.2, 0) is 11.4 Å². The van der Waals surface area contributed by atoms with Gasteiger partial charge in [0, 0.05) is 29.7 Å². The Hall–Kier alpha value is -3.13. The highest BCUT2D eigenvalue weighted by atomic mass is 79.9. The monoisotopic (exact) mass is 460 g/mol. The predicted octanol–water partition coefficient (Wildman–Crippen LogP) is 4.59. The molecule has 1 aromatic heterocycles. The average molecular weight is 461 g/mol. The molecular formula is C21H18BrFN2O4. The van der Waals surface area contributed by atoms with Gasteiger partial charge in [0.05, 0.1) is 11.6 Å². The number of halogens is 2. The fourth-order valence-electron chi connectivity index (χ4n) is 2.44. The Morgan fingerprint density at radius 3 is 2.66 bits per heavy atom. The molecule has 150 valence electrons. The molecule has 1 N–H and O–H groups in total. The third-order valence-corrected chi connectivity index (χ3v) is 4.44. The average Bonchev–Trinajstić information content (AvgIpc) is 2.72. The Bertz CT molecular complexity index is 986. The molecule has 0 unspecified atom stereocenters. The molecule has 0 aliphatic rings. The fourth-order valence-corrected chi connectivity index (χ4v) is 2.91. The van der Waals surface area contributed by atoms with Gasteiger partial charge < -0.3 is 19.5 Å². The zero-order valence-corrected chi connectivity index (χ0v) is 17.1. The largest absolute Gasteiger partial charge is 0.493 e. The van der Waals surface area contributed by atoms with Gasteiger partial charge in [-0.3, -0.25) is 9.78 Å². The summed E-state index contributed by atoms with van der Waals surface area (Å²) in [7, 11) is 1.54. The van der Waals surface area contributed by atoms with Crippen molar-refractivity contribution in [2.45, 2.75) is 6.61 Å². The summed E-state index contributed by atoms with van der Waals surface area (Å²) in [4.78, 5) is 16.2. The number of aromatic nitrogens is 1. The topological polar surface area (TPSA) is 69.7 Å². The minimum Gasteiger partial charge on any atom is -0.493 e. The van der Waals surface area contributed by atoms with E-state index in [0.717, 1.165) is 5.56 Å². The second-order valence-corrected chi connectivity index (χ2v) is 6.78. The molecule has 0 fully saturated rings. The number of carbonyl (C=O) groups is 1. The molecule has 6 nitrogen and oxygen atoms in total. The van der Waals surface area contributed by atoms with Crippen LogP contribution in [-0.4, -0.2) is 24.6 Å². The van der Waals surface area contributed by atoms with Crippen molar-refractivity contribution in [1.82, 2.24) is 4.98 Å². The van der Waals surface area contributed by atoms with Gasteiger partial charge in [0.15, 0.2) is 18.1 Å². The summed E-state index contributed by atoms with van der Waals surface area (Å²) in [6.07, 6.45) is 3.40. The molecule has 2 aromatic carbocycles. The number of nitrogens with one attached hydrogen (secondary N) is 1. The molecule has 0 aliphatic heterocycles. The minimum atomic E-state index is -0.397. The maximum Gasteiger partial charge on any atom is 0.262 e. The zero-order valence-electron chi connectivity index (χ0n) is 15.5. The van der Waals surface area contributed by atoms with E-state index in [1.54, 1.807) is 37.7 Å². The summed E-state index contributed by atoms with van der Waals surface area (Å²) in [5.41, 5.74) is 1.43. The van der Waals surface area contributed by atoms with Crippen LogP contribution >= 0.6 is 15.9 Å². The zero-order chi connectivity index (χ0) is 20.6. The van der Waals surface area contributed by atoms with Gasteiger partial charge >= 0.3 is 0 Å². The van der Waals surface area contributed by atoms with Gasteiger partial charge in [-0.05, 0) is 52.3 Å². The van der Waals surface area contributed by atoms with E-state index in [2.05, 4.69) is 26.2 Å². The van der Waals surface area contributed by atoms with Gasteiger partial charge in [-0.15, -0.1) is 0 Å². The van der Waals surface area contributed by atoms with Crippen LogP contribution in [0.15, 0.2) is 65.4 Å². The van der Waals surface area contributed by atoms with Gasteiger partial charge in [0.2, 0.25) is 0 Å². The standard InChI is InChI=1S/C21H18BrFN2O4/c1-27-19-7-5-16(10-20(19)28-12-14-3-2-8-24-11-14)25-21(26)13-29-18-6-4-15(23)9-17(18)22/h2-11H,12-13H2,1H3,(H,25,26). The summed E-state index contributed by atoms with van der Waals surface area (Å²) in [5.74, 6) is 0.627. The van der Waals surface area contributed by atoms with Crippen LogP contribution in [0.3, 0.4) is 0 Å². The molecule has 8 heteroatoms. The number of amides is 1. The molecular weight excluding hydrogens is 443 g/mol. The molecule has 0 atom stereocenters. The Morgan fingerprint density at radius 1 is 1.10 bits per heavy atom. The van der Waals surface area contributed by atoms with Crippen LogP contribution in [0.25, 0.3) is 0 Å². The second-order valence-electron chi connectivity index (χ2n) is 5.93. The van der Waals surface area contributed by atoms with Crippen molar-refractivity contribution < 1.29 is 23.4 Å². The highest BCUT2D eigenvalue weighted by Crippen LogP contribution is 2.31. The first kappa shape index (κ1) is 20.6. The summed E-state index contributed by atoms with van der Waals surface area (Å²) in [5, 5.41) is 2.73. The van der Waals surface area contributed by atoms with Crippen molar-refractivity contribution in [2.75, 3.05) is 19.0 Å². The first-order valence-corrected chi connectivity index (χ1v) is 9.42. The van der Waals surface area contributed by atoms with Gasteiger partial charge in [-0.25, -0.2) is 4.39 Å². The lowest BCUT2D eigenvalue weighted by Crippen LogP contribution is -2.20. The minimum absolute atomic E-state index is 0.234. The van der Waals surface area contributed by atoms with E-state index in [1.807, 2.05) is 12.1 Å². The highest BCUT2D eigenvalue weighted by molar-refractivity contribution is 9.10. The van der Waals surface area contributed by atoms with Crippen molar-refractivity contribution in [3.05, 3.63) is 76.8 Å². The number of carbonyl (C=O) groups excluding carboxylic acids is 1. The molecule has 0 radical (unpaired) electrons. The van der Waals surface area contributed by atoms with E-state index in [-0.39, 0.29) is 12.5 Å². The van der Waals surface area contributed by atoms with Crippen LogP contribution in [0, 0.1) is 5.82 Å². The summed E-state index contributed by atoms with van der Waals surface area (Å²) in [6.45, 7) is 0.0748. The number of anilines is 1. The third-order valence-electron chi connectivity index (χ3n) is 3.82. The lowest BCUT2D eigenvalue weighted by molar-refractivity contribution is -0.118. The SMILES string of the molecule is COc1ccc(NC(=O)COc2ccc(F)cc2Br)cc1OCc1cccnc1. The lowest BCUT2D eigenvalue weighted by Gasteiger charge is -2.13. The molecule has 0 bridgehead atoms. The summed E-state index contributed by atoms with van der Waals surface area (Å²) < 4.78 is 30.1. The Kier molecular flexibility index (Phi) is 7.02. The Morgan fingerprint density at radius 2 is 1.93 bits per heavy atom. The van der Waals surface area contributed by atoms with E-state index in [9.17, 15) is 9.18 Å². The van der Waals surface area contributed by atoms with Crippen LogP contribution in [0.2, 0.25) is 0 Å². The molecule has 3 rings (SSSR count). The molecule has 1 amide bonds. The van der Waals surface area contributed by atoms with Gasteiger partial charge in [-0.1, -0.05) is 6.07 Å². The first-order chi connectivity index (χ1) is 14.0. The van der Waals surface area contributed by atoms with Crippen molar-refractivity contribution >= 4 is 27.5 Å². The number of nitrogens with zero attached hydrogens (tertiary/aromatic N) is 1. The first-order valence-electron chi connectivity index (χ1n) is 8.62. The van der Waals surface area contributed by atoms with Crippen LogP contribution in [0.5, 0.6) is 17.2 Å². The number of rotatable bonds is 8. The van der Waals surface area contributed by atoms with Crippen molar-refractivity contribution in [3.8, 4) is 17.2 Å². The second kappa shape index (κ2) is 9.88. The number of pyridine rings is 1. The Labute approximate surface area is 175 Å². The van der Waals surface area contributed by atoms with Crippen LogP contribution in [0.4, 0.5) is 10.1 Å². The molecule has 29 heavy (non-hydrogen) atoms. The molecule has 0 spiro atoms. The fraction of sp³-hybridized carbons (Fsp3) is 0.143. The van der Waals surface area contributed by atoms with E-state index in [0.29, 0.717) is 34.0 Å². The molecule has 1 heterocycles. The molecule has 3 aromatic rings. The quantitative estimate of drug-likeness (QED) is 0.532. The third kappa shape index (κ3) is 5.92. The van der Waals surface area contributed by atoms with Crippen molar-refractivity contribution in [1.29, 1.82) is 0 Å². The smallest absolute Gasteiger partial charge is 0.262 e. The molecule has 0 saturated heterocycles. The molecule has 0 aliphatic carbocycles. The summed E-state index contributed by atoms with van der Waals surface area (Å²) in [6, 6.07) is 12.8. The maximum absolute atomic E-state index is 13.1. The lowest BCUT2D eigenvalue weighted by atomic mass is 10.2. The number of ether oxygens (including phenoxy) is 3. The number of methoxy groups -OCH3 is 1.